The number of nitrogens with zero attached hydrogens (tertiary/aromatic N) is 1. The van der Waals surface area contributed by atoms with Crippen LogP contribution < -0.4 is 14.8 Å². The highest BCUT2D eigenvalue weighted by atomic mass is 32.1. The Bertz CT molecular complexity index is 1360. The number of ether oxygens (including phenoxy) is 3. The minimum Gasteiger partial charge on any atom is -0.493 e. The highest BCUT2D eigenvalue weighted by Gasteiger charge is 2.09. The molecule has 5 rings (SSSR count). The van der Waals surface area contributed by atoms with Crippen molar-refractivity contribution < 1.29 is 14.2 Å². The topological polar surface area (TPSA) is 52.6 Å². The Morgan fingerprint density at radius 3 is 2.44 bits per heavy atom. The van der Waals surface area contributed by atoms with E-state index in [4.69, 9.17) is 19.2 Å². The van der Waals surface area contributed by atoms with Crippen molar-refractivity contribution in [1.29, 1.82) is 0 Å². The van der Waals surface area contributed by atoms with E-state index in [0.717, 1.165) is 32.8 Å². The van der Waals surface area contributed by atoms with E-state index in [0.29, 0.717) is 11.5 Å². The van der Waals surface area contributed by atoms with E-state index >= 15 is 0 Å². The molecule has 0 atom stereocenters. The lowest BCUT2D eigenvalue weighted by Crippen LogP contribution is -2.01. The molecule has 0 bridgehead atoms. The van der Waals surface area contributed by atoms with Gasteiger partial charge in [-0.05, 0) is 53.2 Å². The second-order valence-corrected chi connectivity index (χ2v) is 8.34. The van der Waals surface area contributed by atoms with Crippen LogP contribution in [0, 0.1) is 0 Å². The summed E-state index contributed by atoms with van der Waals surface area (Å²) < 4.78 is 17.1. The van der Waals surface area contributed by atoms with Crippen molar-refractivity contribution in [2.75, 3.05) is 26.3 Å². The van der Waals surface area contributed by atoms with Gasteiger partial charge in [-0.15, -0.1) is 11.3 Å². The molecule has 0 saturated carbocycles. The van der Waals surface area contributed by atoms with Gasteiger partial charge in [0.1, 0.15) is 5.01 Å². The summed E-state index contributed by atoms with van der Waals surface area (Å²) in [6.45, 7) is 0.173. The van der Waals surface area contributed by atoms with Crippen molar-refractivity contribution in [2.45, 2.75) is 0 Å². The first-order chi connectivity index (χ1) is 15.7. The summed E-state index contributed by atoms with van der Waals surface area (Å²) >= 11 is 1.72. The van der Waals surface area contributed by atoms with Gasteiger partial charge in [-0.3, -0.25) is 0 Å². The summed E-state index contributed by atoms with van der Waals surface area (Å²) in [7, 11) is 3.21. The molecule has 0 amide bonds. The van der Waals surface area contributed by atoms with Crippen LogP contribution in [0.2, 0.25) is 0 Å². The first-order valence-corrected chi connectivity index (χ1v) is 11.0. The van der Waals surface area contributed by atoms with E-state index < -0.39 is 0 Å². The zero-order chi connectivity index (χ0) is 21.9. The molecule has 1 heterocycles. The van der Waals surface area contributed by atoms with Crippen molar-refractivity contribution in [3.8, 4) is 22.1 Å². The van der Waals surface area contributed by atoms with Gasteiger partial charge in [0.05, 0.1) is 17.3 Å². The molecular weight excluding hydrogens is 420 g/mol. The zero-order valence-electron chi connectivity index (χ0n) is 17.8. The molecule has 6 heteroatoms. The molecule has 0 aliphatic carbocycles. The molecule has 0 aliphatic heterocycles. The molecule has 0 aliphatic rings. The molecule has 1 N–H and O–H groups in total. The smallest absolute Gasteiger partial charge is 0.188 e. The van der Waals surface area contributed by atoms with Gasteiger partial charge in [-0.2, -0.15) is 0 Å². The first-order valence-electron chi connectivity index (χ1n) is 10.2. The third kappa shape index (κ3) is 4.10. The van der Waals surface area contributed by atoms with Crippen LogP contribution in [0.4, 0.5) is 11.4 Å². The van der Waals surface area contributed by atoms with Gasteiger partial charge < -0.3 is 19.5 Å². The van der Waals surface area contributed by atoms with Crippen molar-refractivity contribution >= 4 is 43.7 Å². The van der Waals surface area contributed by atoms with E-state index in [2.05, 4.69) is 59.9 Å². The largest absolute Gasteiger partial charge is 0.493 e. The van der Waals surface area contributed by atoms with Crippen LogP contribution in [0.1, 0.15) is 0 Å². The Morgan fingerprint density at radius 1 is 0.812 bits per heavy atom. The van der Waals surface area contributed by atoms with E-state index in [1.807, 2.05) is 24.3 Å². The highest BCUT2D eigenvalue weighted by molar-refractivity contribution is 7.21. The molecule has 1 aromatic heterocycles. The number of anilines is 2. The zero-order valence-corrected chi connectivity index (χ0v) is 18.6. The summed E-state index contributed by atoms with van der Waals surface area (Å²) in [5.41, 5.74) is 4.09. The average Bonchev–Trinajstić information content (AvgIpc) is 3.27. The molecule has 5 nitrogen and oxygen atoms in total. The van der Waals surface area contributed by atoms with Crippen LogP contribution in [0.5, 0.6) is 11.5 Å². The van der Waals surface area contributed by atoms with Gasteiger partial charge in [0, 0.05) is 30.1 Å². The second-order valence-electron chi connectivity index (χ2n) is 7.30. The fourth-order valence-corrected chi connectivity index (χ4v) is 4.57. The molecule has 4 aromatic carbocycles. The van der Waals surface area contributed by atoms with E-state index in [1.54, 1.807) is 25.6 Å². The Morgan fingerprint density at radius 2 is 1.59 bits per heavy atom. The predicted molar refractivity (Wildman–Crippen MR) is 131 cm³/mol. The van der Waals surface area contributed by atoms with Crippen molar-refractivity contribution in [3.05, 3.63) is 78.9 Å². The summed E-state index contributed by atoms with van der Waals surface area (Å²) in [5.74, 6) is 1.29. The maximum absolute atomic E-state index is 5.53. The van der Waals surface area contributed by atoms with Crippen LogP contribution >= 0.6 is 11.3 Å². The molecular formula is C26H22N2O3S. The van der Waals surface area contributed by atoms with Crippen LogP contribution in [-0.4, -0.2) is 26.0 Å². The second kappa shape index (κ2) is 8.86. The predicted octanol–water partition coefficient (Wildman–Crippen LogP) is 6.85. The molecule has 32 heavy (non-hydrogen) atoms. The molecule has 0 saturated heterocycles. The molecule has 0 unspecified atom stereocenters. The molecule has 0 fully saturated rings. The molecule has 0 radical (unpaired) electrons. The number of hydrogen-bond donors (Lipinski definition) is 1. The van der Waals surface area contributed by atoms with Crippen molar-refractivity contribution in [1.82, 2.24) is 4.98 Å². The lowest BCUT2D eigenvalue weighted by molar-refractivity contribution is 0.0492. The first kappa shape index (κ1) is 20.3. The van der Waals surface area contributed by atoms with Gasteiger partial charge in [-0.25, -0.2) is 4.98 Å². The van der Waals surface area contributed by atoms with Crippen molar-refractivity contribution in [2.24, 2.45) is 0 Å². The average molecular weight is 443 g/mol. The van der Waals surface area contributed by atoms with Crippen LogP contribution in [0.25, 0.3) is 31.6 Å². The summed E-state index contributed by atoms with van der Waals surface area (Å²) in [6.07, 6.45) is 0. The van der Waals surface area contributed by atoms with E-state index in [1.165, 1.54) is 10.1 Å². The fourth-order valence-electron chi connectivity index (χ4n) is 3.61. The van der Waals surface area contributed by atoms with Gasteiger partial charge in [0.15, 0.2) is 18.3 Å². The Labute approximate surface area is 190 Å². The van der Waals surface area contributed by atoms with Crippen LogP contribution in [0.3, 0.4) is 0 Å². The summed E-state index contributed by atoms with van der Waals surface area (Å²) in [6, 6.07) is 26.8. The number of aromatic nitrogens is 1. The number of benzene rings is 4. The minimum absolute atomic E-state index is 0.173. The number of nitrogens with one attached hydrogen (secondary N) is 1. The third-order valence-corrected chi connectivity index (χ3v) is 6.25. The molecule has 5 aromatic rings. The summed E-state index contributed by atoms with van der Waals surface area (Å²) in [4.78, 5) is 4.78. The highest BCUT2D eigenvalue weighted by Crippen LogP contribution is 2.34. The number of thiazole rings is 1. The van der Waals surface area contributed by atoms with Crippen LogP contribution in [-0.2, 0) is 4.74 Å². The maximum atomic E-state index is 5.53. The Hall–Kier alpha value is -3.61. The number of methoxy groups -OCH3 is 2. The molecule has 0 spiro atoms. The monoisotopic (exact) mass is 442 g/mol. The number of hydrogen-bond acceptors (Lipinski definition) is 6. The Kier molecular flexibility index (Phi) is 5.62. The normalized spacial score (nSPS) is 11.1. The lowest BCUT2D eigenvalue weighted by atomic mass is 10.1. The molecule has 160 valence electrons. The number of rotatable bonds is 7. The quantitative estimate of drug-likeness (QED) is 0.279. The van der Waals surface area contributed by atoms with E-state index in [-0.39, 0.29) is 6.79 Å². The van der Waals surface area contributed by atoms with Crippen LogP contribution in [0.15, 0.2) is 78.9 Å². The van der Waals surface area contributed by atoms with E-state index in [9.17, 15) is 0 Å². The SMILES string of the molecule is COCOc1ccc(Nc2ccc3cc(-c4nc5ccccc5s4)ccc3c2)cc1OC. The fraction of sp³-hybridized carbons (Fsp3) is 0.115. The number of para-hydroxylation sites is 1. The third-order valence-electron chi connectivity index (χ3n) is 5.17. The lowest BCUT2D eigenvalue weighted by Gasteiger charge is -2.13. The minimum atomic E-state index is 0.173. The Balaban J connectivity index is 1.40. The van der Waals surface area contributed by atoms with Gasteiger partial charge in [0.2, 0.25) is 0 Å². The van der Waals surface area contributed by atoms with Gasteiger partial charge in [0.25, 0.3) is 0 Å². The van der Waals surface area contributed by atoms with Gasteiger partial charge in [-0.1, -0.05) is 30.3 Å². The maximum Gasteiger partial charge on any atom is 0.188 e. The van der Waals surface area contributed by atoms with Crippen molar-refractivity contribution in [3.63, 3.8) is 0 Å². The number of fused-ring (bicyclic) bond motifs is 2. The standard InChI is InChI=1S/C26H22N2O3S/c1-29-16-31-23-12-11-21(15-24(23)30-2)27-20-10-9-17-13-19(8-7-18(17)14-20)26-28-22-5-3-4-6-25(22)32-26/h3-15,27H,16H2,1-2H3. The van der Waals surface area contributed by atoms with Gasteiger partial charge >= 0.3 is 0 Å². The summed E-state index contributed by atoms with van der Waals surface area (Å²) in [5, 5.41) is 6.81.